The lowest BCUT2D eigenvalue weighted by Gasteiger charge is -2.21. The molecule has 2 rings (SSSR count). The fourth-order valence-corrected chi connectivity index (χ4v) is 2.02. The van der Waals surface area contributed by atoms with Gasteiger partial charge in [0.1, 0.15) is 0 Å². The Balaban J connectivity index is 2.64. The van der Waals surface area contributed by atoms with Crippen LogP contribution in [0.5, 0.6) is 0 Å². The van der Waals surface area contributed by atoms with Gasteiger partial charge in [0.15, 0.2) is 0 Å². The molecular formula is C16H14F3NO. The zero-order chi connectivity index (χ0) is 15.6. The third kappa shape index (κ3) is 3.24. The average Bonchev–Trinajstić information content (AvgIpc) is 2.45. The van der Waals surface area contributed by atoms with Crippen molar-refractivity contribution in [1.29, 1.82) is 0 Å². The van der Waals surface area contributed by atoms with Crippen molar-refractivity contribution >= 4 is 11.6 Å². The summed E-state index contributed by atoms with van der Waals surface area (Å²) in [6.45, 7) is 1.37. The number of amides is 1. The molecule has 5 heteroatoms. The Bertz CT molecular complexity index is 650. The minimum atomic E-state index is -4.42. The van der Waals surface area contributed by atoms with Crippen molar-refractivity contribution in [3.63, 3.8) is 0 Å². The van der Waals surface area contributed by atoms with Crippen LogP contribution >= 0.6 is 0 Å². The lowest BCUT2D eigenvalue weighted by atomic mass is 10.00. The molecular weight excluding hydrogens is 279 g/mol. The van der Waals surface area contributed by atoms with Crippen LogP contribution in [-0.2, 0) is 11.0 Å². The summed E-state index contributed by atoms with van der Waals surface area (Å²) in [6.07, 6.45) is -4.42. The molecule has 2 aromatic carbocycles. The van der Waals surface area contributed by atoms with Crippen LogP contribution in [0.4, 0.5) is 18.9 Å². The van der Waals surface area contributed by atoms with E-state index in [2.05, 4.69) is 0 Å². The van der Waals surface area contributed by atoms with Crippen LogP contribution in [0.25, 0.3) is 11.1 Å². The van der Waals surface area contributed by atoms with E-state index < -0.39 is 11.7 Å². The van der Waals surface area contributed by atoms with Gasteiger partial charge in [0.2, 0.25) is 5.91 Å². The standard InChI is InChI=1S/C16H14F3NO/c1-11(21)20(2)15-9-8-13(16(17,18)19)10-14(15)12-6-4-3-5-7-12/h3-10H,1-2H3. The molecule has 0 saturated carbocycles. The normalized spacial score (nSPS) is 11.3. The predicted molar refractivity (Wildman–Crippen MR) is 76.0 cm³/mol. The summed E-state index contributed by atoms with van der Waals surface area (Å²) in [4.78, 5) is 12.8. The third-order valence-corrected chi connectivity index (χ3v) is 3.24. The van der Waals surface area contributed by atoms with Crippen LogP contribution in [0, 0.1) is 0 Å². The molecule has 110 valence electrons. The maximum absolute atomic E-state index is 12.9. The van der Waals surface area contributed by atoms with Crippen molar-refractivity contribution in [2.45, 2.75) is 13.1 Å². The van der Waals surface area contributed by atoms with Gasteiger partial charge in [0, 0.05) is 19.5 Å². The lowest BCUT2D eigenvalue weighted by molar-refractivity contribution is -0.137. The van der Waals surface area contributed by atoms with Crippen molar-refractivity contribution in [3.05, 3.63) is 54.1 Å². The van der Waals surface area contributed by atoms with E-state index in [0.29, 0.717) is 16.8 Å². The van der Waals surface area contributed by atoms with Crippen molar-refractivity contribution in [3.8, 4) is 11.1 Å². The van der Waals surface area contributed by atoms with Gasteiger partial charge < -0.3 is 4.90 Å². The molecule has 2 aromatic rings. The van der Waals surface area contributed by atoms with E-state index in [1.807, 2.05) is 0 Å². The van der Waals surface area contributed by atoms with Gasteiger partial charge in [-0.3, -0.25) is 4.79 Å². The van der Waals surface area contributed by atoms with Crippen molar-refractivity contribution < 1.29 is 18.0 Å². The van der Waals surface area contributed by atoms with Gasteiger partial charge in [-0.15, -0.1) is 0 Å². The molecule has 0 unspecified atom stereocenters. The van der Waals surface area contributed by atoms with E-state index in [9.17, 15) is 18.0 Å². The molecule has 2 nitrogen and oxygen atoms in total. The highest BCUT2D eigenvalue weighted by Gasteiger charge is 2.31. The summed E-state index contributed by atoms with van der Waals surface area (Å²) in [5.74, 6) is -0.244. The highest BCUT2D eigenvalue weighted by atomic mass is 19.4. The molecule has 0 aromatic heterocycles. The summed E-state index contributed by atoms with van der Waals surface area (Å²) in [6, 6.07) is 12.1. The van der Waals surface area contributed by atoms with E-state index in [-0.39, 0.29) is 5.91 Å². The van der Waals surface area contributed by atoms with Crippen LogP contribution in [0.3, 0.4) is 0 Å². The number of rotatable bonds is 2. The van der Waals surface area contributed by atoms with E-state index >= 15 is 0 Å². The SMILES string of the molecule is CC(=O)N(C)c1ccc(C(F)(F)F)cc1-c1ccccc1. The molecule has 0 aliphatic carbocycles. The molecule has 0 fully saturated rings. The Labute approximate surface area is 120 Å². The third-order valence-electron chi connectivity index (χ3n) is 3.24. The molecule has 0 N–H and O–H groups in total. The number of carbonyl (C=O) groups excluding carboxylic acids is 1. The zero-order valence-electron chi connectivity index (χ0n) is 11.6. The van der Waals surface area contributed by atoms with Crippen LogP contribution < -0.4 is 4.90 Å². The zero-order valence-corrected chi connectivity index (χ0v) is 11.6. The lowest BCUT2D eigenvalue weighted by Crippen LogP contribution is -2.23. The van der Waals surface area contributed by atoms with Crippen LogP contribution in [0.15, 0.2) is 48.5 Å². The van der Waals surface area contributed by atoms with Gasteiger partial charge >= 0.3 is 6.18 Å². The predicted octanol–water partition coefficient (Wildman–Crippen LogP) is 4.36. The molecule has 21 heavy (non-hydrogen) atoms. The summed E-state index contributed by atoms with van der Waals surface area (Å²) >= 11 is 0. The minimum absolute atomic E-state index is 0.244. The van der Waals surface area contributed by atoms with Gasteiger partial charge in [0.05, 0.1) is 11.3 Å². The Morgan fingerprint density at radius 3 is 2.19 bits per heavy atom. The first kappa shape index (κ1) is 15.1. The first-order valence-corrected chi connectivity index (χ1v) is 6.31. The van der Waals surface area contributed by atoms with Gasteiger partial charge in [-0.1, -0.05) is 30.3 Å². The summed E-state index contributed by atoms with van der Waals surface area (Å²) in [5.41, 5.74) is 0.721. The van der Waals surface area contributed by atoms with Gasteiger partial charge in [-0.05, 0) is 23.8 Å². The van der Waals surface area contributed by atoms with E-state index in [1.165, 1.54) is 24.9 Å². The Morgan fingerprint density at radius 1 is 1.05 bits per heavy atom. The van der Waals surface area contributed by atoms with Crippen LogP contribution in [0.1, 0.15) is 12.5 Å². The molecule has 0 spiro atoms. The molecule has 0 heterocycles. The number of halogens is 3. The number of carbonyl (C=O) groups is 1. The second-order valence-corrected chi connectivity index (χ2v) is 4.67. The van der Waals surface area contributed by atoms with E-state index in [4.69, 9.17) is 0 Å². The Kier molecular flexibility index (Phi) is 4.02. The first-order valence-electron chi connectivity index (χ1n) is 6.31. The number of nitrogens with zero attached hydrogens (tertiary/aromatic N) is 1. The second-order valence-electron chi connectivity index (χ2n) is 4.67. The second kappa shape index (κ2) is 5.60. The maximum Gasteiger partial charge on any atom is 0.416 e. The van der Waals surface area contributed by atoms with Gasteiger partial charge in [-0.25, -0.2) is 0 Å². The Hall–Kier alpha value is -2.30. The summed E-state index contributed by atoms with van der Waals surface area (Å²) in [7, 11) is 1.54. The number of anilines is 1. The smallest absolute Gasteiger partial charge is 0.315 e. The van der Waals surface area contributed by atoms with Crippen molar-refractivity contribution in [2.24, 2.45) is 0 Å². The highest BCUT2D eigenvalue weighted by molar-refractivity contribution is 5.96. The highest BCUT2D eigenvalue weighted by Crippen LogP contribution is 2.37. The molecule has 0 saturated heterocycles. The fraction of sp³-hybridized carbons (Fsp3) is 0.188. The van der Waals surface area contributed by atoms with Crippen LogP contribution in [0.2, 0.25) is 0 Å². The number of alkyl halides is 3. The summed E-state index contributed by atoms with van der Waals surface area (Å²) < 4.78 is 38.7. The van der Waals surface area contributed by atoms with E-state index in [0.717, 1.165) is 12.1 Å². The maximum atomic E-state index is 12.9. The average molecular weight is 293 g/mol. The van der Waals surface area contributed by atoms with Crippen molar-refractivity contribution in [2.75, 3.05) is 11.9 Å². The number of hydrogen-bond acceptors (Lipinski definition) is 1. The largest absolute Gasteiger partial charge is 0.416 e. The molecule has 0 radical (unpaired) electrons. The minimum Gasteiger partial charge on any atom is -0.315 e. The fourth-order valence-electron chi connectivity index (χ4n) is 2.02. The van der Waals surface area contributed by atoms with E-state index in [1.54, 1.807) is 30.3 Å². The molecule has 1 amide bonds. The molecule has 0 bridgehead atoms. The molecule has 0 aliphatic heterocycles. The van der Waals surface area contributed by atoms with Crippen LogP contribution in [-0.4, -0.2) is 13.0 Å². The number of hydrogen-bond donors (Lipinski definition) is 0. The monoisotopic (exact) mass is 293 g/mol. The molecule has 0 aliphatic rings. The Morgan fingerprint density at radius 2 is 1.67 bits per heavy atom. The van der Waals surface area contributed by atoms with Gasteiger partial charge in [-0.2, -0.15) is 13.2 Å². The molecule has 0 atom stereocenters. The first-order chi connectivity index (χ1) is 9.80. The summed E-state index contributed by atoms with van der Waals surface area (Å²) in [5, 5.41) is 0. The van der Waals surface area contributed by atoms with Gasteiger partial charge in [0.25, 0.3) is 0 Å². The quantitative estimate of drug-likeness (QED) is 0.806. The topological polar surface area (TPSA) is 20.3 Å². The van der Waals surface area contributed by atoms with Crippen molar-refractivity contribution in [1.82, 2.24) is 0 Å². The number of benzene rings is 2.